The molecule has 0 spiro atoms. The quantitative estimate of drug-likeness (QED) is 0.570. The van der Waals surface area contributed by atoms with Crippen molar-refractivity contribution >= 4 is 16.9 Å². The first-order chi connectivity index (χ1) is 12.2. The second kappa shape index (κ2) is 4.39. The zero-order chi connectivity index (χ0) is 16.7. The first kappa shape index (κ1) is 13.4. The number of rotatable bonds is 0. The molecule has 0 saturated carbocycles. The van der Waals surface area contributed by atoms with Crippen molar-refractivity contribution in [2.75, 3.05) is 0 Å². The molecule has 122 valence electrons. The van der Waals surface area contributed by atoms with E-state index < -0.39 is 6.16 Å². The SMILES string of the molecule is O=C1O[C@@H]2[C@H]3c4ccccc4[C@H](c4c3cc(F)c3ccccc43)[C@H]2O1. The molecule has 0 radical (unpaired) electrons. The number of ether oxygens (including phenoxy) is 2. The maximum atomic E-state index is 14.8. The molecule has 3 aliphatic carbocycles. The maximum absolute atomic E-state index is 14.8. The molecule has 1 fully saturated rings. The highest BCUT2D eigenvalue weighted by molar-refractivity contribution is 5.90. The third kappa shape index (κ3) is 1.53. The molecule has 3 aromatic carbocycles. The molecule has 1 aliphatic heterocycles. The van der Waals surface area contributed by atoms with E-state index >= 15 is 0 Å². The van der Waals surface area contributed by atoms with E-state index in [1.54, 1.807) is 12.1 Å². The lowest BCUT2D eigenvalue weighted by atomic mass is 9.60. The number of carbonyl (C=O) groups is 1. The van der Waals surface area contributed by atoms with Crippen molar-refractivity contribution in [2.24, 2.45) is 0 Å². The Labute approximate surface area is 143 Å². The van der Waals surface area contributed by atoms with Crippen LogP contribution < -0.4 is 0 Å². The normalized spacial score (nSPS) is 28.1. The van der Waals surface area contributed by atoms with Crippen molar-refractivity contribution in [3.63, 3.8) is 0 Å². The number of hydrogen-bond donors (Lipinski definition) is 0. The summed E-state index contributed by atoms with van der Waals surface area (Å²) >= 11 is 0. The van der Waals surface area contributed by atoms with Gasteiger partial charge in [0.05, 0.1) is 11.8 Å². The molecule has 0 aromatic heterocycles. The van der Waals surface area contributed by atoms with Gasteiger partial charge in [-0.3, -0.25) is 0 Å². The van der Waals surface area contributed by atoms with Gasteiger partial charge in [0.15, 0.2) is 12.2 Å². The van der Waals surface area contributed by atoms with Crippen molar-refractivity contribution < 1.29 is 18.7 Å². The number of halogens is 1. The van der Waals surface area contributed by atoms with Gasteiger partial charge in [-0.1, -0.05) is 48.5 Å². The fraction of sp³-hybridized carbons (Fsp3) is 0.190. The number of carbonyl (C=O) groups excluding carboxylic acids is 1. The summed E-state index contributed by atoms with van der Waals surface area (Å²) in [5.41, 5.74) is 4.24. The first-order valence-corrected chi connectivity index (χ1v) is 8.41. The molecule has 25 heavy (non-hydrogen) atoms. The number of hydrogen-bond acceptors (Lipinski definition) is 3. The van der Waals surface area contributed by atoms with E-state index in [2.05, 4.69) is 6.07 Å². The summed E-state index contributed by atoms with van der Waals surface area (Å²) in [6, 6.07) is 17.2. The zero-order valence-corrected chi connectivity index (χ0v) is 13.1. The first-order valence-electron chi connectivity index (χ1n) is 8.41. The minimum Gasteiger partial charge on any atom is -0.426 e. The van der Waals surface area contributed by atoms with Gasteiger partial charge in [-0.25, -0.2) is 9.18 Å². The second-order valence-corrected chi connectivity index (χ2v) is 6.91. The molecule has 2 bridgehead atoms. The van der Waals surface area contributed by atoms with Gasteiger partial charge >= 0.3 is 6.16 Å². The van der Waals surface area contributed by atoms with E-state index in [4.69, 9.17) is 9.47 Å². The van der Waals surface area contributed by atoms with E-state index in [1.807, 2.05) is 36.4 Å². The smallest absolute Gasteiger partial charge is 0.426 e. The van der Waals surface area contributed by atoms with Crippen LogP contribution in [0.3, 0.4) is 0 Å². The van der Waals surface area contributed by atoms with E-state index in [9.17, 15) is 9.18 Å². The summed E-state index contributed by atoms with van der Waals surface area (Å²) in [6.45, 7) is 0. The van der Waals surface area contributed by atoms with Crippen LogP contribution in [0.5, 0.6) is 0 Å². The Hall–Kier alpha value is -2.88. The Morgan fingerprint density at radius 1 is 0.760 bits per heavy atom. The molecule has 4 heteroatoms. The molecule has 7 rings (SSSR count). The van der Waals surface area contributed by atoms with Crippen LogP contribution in [0.4, 0.5) is 9.18 Å². The lowest BCUT2D eigenvalue weighted by Crippen LogP contribution is -2.45. The van der Waals surface area contributed by atoms with E-state index in [0.29, 0.717) is 5.39 Å². The Kier molecular flexibility index (Phi) is 2.36. The predicted molar refractivity (Wildman–Crippen MR) is 89.2 cm³/mol. The van der Waals surface area contributed by atoms with E-state index in [1.165, 1.54) is 0 Å². The highest BCUT2D eigenvalue weighted by Crippen LogP contribution is 2.58. The third-order valence-electron chi connectivity index (χ3n) is 5.83. The molecular formula is C21H13FO3. The van der Waals surface area contributed by atoms with Gasteiger partial charge in [0.1, 0.15) is 5.82 Å². The largest absolute Gasteiger partial charge is 0.509 e. The fourth-order valence-corrected chi connectivity index (χ4v) is 4.97. The molecule has 0 unspecified atom stereocenters. The van der Waals surface area contributed by atoms with E-state index in [-0.39, 0.29) is 29.9 Å². The van der Waals surface area contributed by atoms with Crippen LogP contribution in [0.2, 0.25) is 0 Å². The van der Waals surface area contributed by atoms with E-state index in [0.717, 1.165) is 27.6 Å². The van der Waals surface area contributed by atoms with Gasteiger partial charge < -0.3 is 9.47 Å². The summed E-state index contributed by atoms with van der Waals surface area (Å²) in [5, 5.41) is 1.50. The Morgan fingerprint density at radius 3 is 2.12 bits per heavy atom. The van der Waals surface area contributed by atoms with Crippen LogP contribution in [0, 0.1) is 5.82 Å². The van der Waals surface area contributed by atoms with Gasteiger partial charge in [0, 0.05) is 5.39 Å². The topological polar surface area (TPSA) is 35.5 Å². The monoisotopic (exact) mass is 332 g/mol. The Bertz CT molecular complexity index is 1070. The average Bonchev–Trinajstić information content (AvgIpc) is 3.03. The summed E-state index contributed by atoms with van der Waals surface area (Å²) in [7, 11) is 0. The minimum atomic E-state index is -0.629. The molecule has 0 N–H and O–H groups in total. The van der Waals surface area contributed by atoms with Gasteiger partial charge in [-0.2, -0.15) is 0 Å². The fourth-order valence-electron chi connectivity index (χ4n) is 4.97. The summed E-state index contributed by atoms with van der Waals surface area (Å²) in [5.74, 6) is -0.550. The van der Waals surface area contributed by atoms with Crippen LogP contribution in [0.1, 0.15) is 34.1 Å². The van der Waals surface area contributed by atoms with Gasteiger partial charge in [0.25, 0.3) is 0 Å². The maximum Gasteiger partial charge on any atom is 0.509 e. The molecular weight excluding hydrogens is 319 g/mol. The number of benzene rings is 3. The van der Waals surface area contributed by atoms with Crippen LogP contribution in [-0.2, 0) is 9.47 Å². The predicted octanol–water partition coefficient (Wildman–Crippen LogP) is 4.47. The molecule has 4 aliphatic rings. The molecule has 1 saturated heterocycles. The molecule has 4 atom stereocenters. The lowest BCUT2D eigenvalue weighted by molar-refractivity contribution is 0.103. The van der Waals surface area contributed by atoms with Gasteiger partial charge in [0.2, 0.25) is 0 Å². The standard InChI is InChI=1S/C21H13FO3/c22-15-9-14-16(11-6-2-1-5-10(11)15)18-13-8-4-3-7-12(13)17(14)19-20(18)25-21(23)24-19/h1-9,17-20H/t17-,18+,19+,20+/m0/s1. The highest BCUT2D eigenvalue weighted by Gasteiger charge is 2.57. The Balaban J connectivity index is 1.75. The van der Waals surface area contributed by atoms with Crippen molar-refractivity contribution in [1.82, 2.24) is 0 Å². The minimum absolute atomic E-state index is 0.127. The van der Waals surface area contributed by atoms with Crippen LogP contribution in [0.25, 0.3) is 10.8 Å². The summed E-state index contributed by atoms with van der Waals surface area (Å²) in [6.07, 6.45) is -1.37. The van der Waals surface area contributed by atoms with Gasteiger partial charge in [-0.15, -0.1) is 0 Å². The summed E-state index contributed by atoms with van der Waals surface area (Å²) in [4.78, 5) is 11.8. The van der Waals surface area contributed by atoms with Gasteiger partial charge in [-0.05, 0) is 33.7 Å². The van der Waals surface area contributed by atoms with Crippen molar-refractivity contribution in [3.8, 4) is 0 Å². The molecule has 1 heterocycles. The Morgan fingerprint density at radius 2 is 1.36 bits per heavy atom. The molecule has 0 amide bonds. The number of fused-ring (bicyclic) bond motifs is 1. The summed E-state index contributed by atoms with van der Waals surface area (Å²) < 4.78 is 25.8. The average molecular weight is 332 g/mol. The van der Waals surface area contributed by atoms with Crippen molar-refractivity contribution in [3.05, 3.63) is 82.7 Å². The van der Waals surface area contributed by atoms with Crippen LogP contribution in [-0.4, -0.2) is 18.4 Å². The van der Waals surface area contributed by atoms with Crippen LogP contribution >= 0.6 is 0 Å². The lowest BCUT2D eigenvalue weighted by Gasteiger charge is -2.45. The van der Waals surface area contributed by atoms with Crippen LogP contribution in [0.15, 0.2) is 54.6 Å². The molecule has 3 aromatic rings. The zero-order valence-electron chi connectivity index (χ0n) is 13.1. The second-order valence-electron chi connectivity index (χ2n) is 6.91. The molecule has 3 nitrogen and oxygen atoms in total. The highest BCUT2D eigenvalue weighted by atomic mass is 19.1. The van der Waals surface area contributed by atoms with Crippen molar-refractivity contribution in [2.45, 2.75) is 24.0 Å². The third-order valence-corrected chi connectivity index (χ3v) is 5.83. The van der Waals surface area contributed by atoms with Crippen molar-refractivity contribution in [1.29, 1.82) is 0 Å².